The van der Waals surface area contributed by atoms with Gasteiger partial charge in [0.15, 0.2) is 5.78 Å². The van der Waals surface area contributed by atoms with Crippen LogP contribution in [0.4, 0.5) is 0 Å². The molecule has 0 aromatic carbocycles. The summed E-state index contributed by atoms with van der Waals surface area (Å²) in [7, 11) is 0. The van der Waals surface area contributed by atoms with Crippen molar-refractivity contribution in [3.63, 3.8) is 0 Å². The van der Waals surface area contributed by atoms with Crippen molar-refractivity contribution in [3.05, 3.63) is 0 Å². The van der Waals surface area contributed by atoms with E-state index in [0.717, 1.165) is 0 Å². The molecule has 0 aliphatic carbocycles. The molecule has 1 amide bonds. The molecule has 0 saturated carbocycles. The molecule has 0 aromatic heterocycles. The molecule has 5 heteroatoms. The van der Waals surface area contributed by atoms with Gasteiger partial charge in [-0.1, -0.05) is 13.8 Å². The van der Waals surface area contributed by atoms with Crippen molar-refractivity contribution >= 4 is 24.3 Å². The molecule has 0 heterocycles. The molecule has 0 aliphatic heterocycles. The number of nitrogens with two attached hydrogens (primary N) is 1. The van der Waals surface area contributed by atoms with Crippen LogP contribution < -0.4 is 5.73 Å². The van der Waals surface area contributed by atoms with Gasteiger partial charge in [-0.25, -0.2) is 0 Å². The van der Waals surface area contributed by atoms with Crippen molar-refractivity contribution in [2.75, 3.05) is 13.1 Å². The Morgan fingerprint density at radius 3 is 2.00 bits per heavy atom. The van der Waals surface area contributed by atoms with Crippen LogP contribution in [0.15, 0.2) is 0 Å². The van der Waals surface area contributed by atoms with Gasteiger partial charge in [0.25, 0.3) is 0 Å². The largest absolute Gasteiger partial charge is 0.370 e. The summed E-state index contributed by atoms with van der Waals surface area (Å²) in [6.45, 7) is 8.80. The summed E-state index contributed by atoms with van der Waals surface area (Å²) in [6.07, 6.45) is 0.0600. The quantitative estimate of drug-likeness (QED) is 0.655. The molecule has 0 bridgehead atoms. The highest BCUT2D eigenvalue weighted by atomic mass is 32.1. The van der Waals surface area contributed by atoms with Gasteiger partial charge in [-0.15, -0.1) is 0 Å². The number of Topliss-reactive ketones (excluding diaryl/α,β-unsaturated/α-hetero) is 1. The lowest BCUT2D eigenvalue weighted by atomic mass is 9.96. The van der Waals surface area contributed by atoms with Crippen molar-refractivity contribution in [2.24, 2.45) is 5.73 Å². The van der Waals surface area contributed by atoms with E-state index in [4.69, 9.17) is 5.73 Å². The van der Waals surface area contributed by atoms with Crippen LogP contribution in [-0.2, 0) is 9.59 Å². The van der Waals surface area contributed by atoms with E-state index in [0.29, 0.717) is 13.1 Å². The van der Waals surface area contributed by atoms with Crippen LogP contribution in [0.5, 0.6) is 0 Å². The third-order valence-corrected chi connectivity index (χ3v) is 2.77. The summed E-state index contributed by atoms with van der Waals surface area (Å²) in [5.74, 6) is -0.513. The first-order valence-corrected chi connectivity index (χ1v) is 5.97. The van der Waals surface area contributed by atoms with Gasteiger partial charge in [-0.2, -0.15) is 12.6 Å². The summed E-state index contributed by atoms with van der Waals surface area (Å²) in [4.78, 5) is 25.1. The summed E-state index contributed by atoms with van der Waals surface area (Å²) < 4.78 is -0.747. The number of thiol groups is 1. The van der Waals surface area contributed by atoms with Crippen LogP contribution in [0.1, 0.15) is 34.1 Å². The predicted octanol–water partition coefficient (Wildman–Crippen LogP) is 0.850. The Bertz CT molecular complexity index is 257. The highest BCUT2D eigenvalue weighted by Gasteiger charge is 2.34. The number of ketones is 1. The normalized spacial score (nSPS) is 13.9. The fraction of sp³-hybridized carbons (Fsp3) is 0.818. The maximum atomic E-state index is 12.1. The molecule has 0 unspecified atom stereocenters. The highest BCUT2D eigenvalue weighted by molar-refractivity contribution is 7.82. The van der Waals surface area contributed by atoms with Crippen molar-refractivity contribution in [3.8, 4) is 0 Å². The number of carbonyl (C=O) groups is 2. The van der Waals surface area contributed by atoms with Crippen molar-refractivity contribution in [2.45, 2.75) is 44.9 Å². The molecule has 16 heavy (non-hydrogen) atoms. The standard InChI is InChI=1S/C11H22N2O2S/c1-5-13(6-2)8(7-9(12)14)10(15)11(3,4)16/h8,16H,5-7H2,1-4H3,(H2,12,14)/t8-/m1/s1. The first kappa shape index (κ1) is 15.4. The van der Waals surface area contributed by atoms with E-state index in [2.05, 4.69) is 12.6 Å². The third-order valence-electron chi connectivity index (χ3n) is 2.55. The number of carbonyl (C=O) groups excluding carboxylic acids is 2. The van der Waals surface area contributed by atoms with Crippen LogP contribution in [0, 0.1) is 0 Å². The maximum absolute atomic E-state index is 12.1. The van der Waals surface area contributed by atoms with E-state index in [9.17, 15) is 9.59 Å². The number of primary amides is 1. The molecule has 94 valence electrons. The van der Waals surface area contributed by atoms with Crippen molar-refractivity contribution < 1.29 is 9.59 Å². The summed E-state index contributed by atoms with van der Waals surface area (Å²) >= 11 is 4.26. The van der Waals surface area contributed by atoms with Crippen molar-refractivity contribution in [1.29, 1.82) is 0 Å². The molecule has 0 fully saturated rings. The zero-order valence-corrected chi connectivity index (χ0v) is 11.4. The number of rotatable bonds is 7. The van der Waals surface area contributed by atoms with E-state index in [-0.39, 0.29) is 12.2 Å². The molecule has 0 rings (SSSR count). The summed E-state index contributed by atoms with van der Waals surface area (Å²) in [5, 5.41) is 0. The SMILES string of the molecule is CCN(CC)[C@H](CC(N)=O)C(=O)C(C)(C)S. The lowest BCUT2D eigenvalue weighted by Gasteiger charge is -2.31. The molecule has 0 spiro atoms. The van der Waals surface area contributed by atoms with Gasteiger partial charge < -0.3 is 5.73 Å². The van der Waals surface area contributed by atoms with Crippen LogP contribution in [0.2, 0.25) is 0 Å². The van der Waals surface area contributed by atoms with E-state index in [1.807, 2.05) is 18.7 Å². The van der Waals surface area contributed by atoms with Gasteiger partial charge in [-0.05, 0) is 26.9 Å². The molecule has 0 radical (unpaired) electrons. The minimum atomic E-state index is -0.747. The fourth-order valence-electron chi connectivity index (χ4n) is 1.65. The van der Waals surface area contributed by atoms with Crippen LogP contribution in [0.25, 0.3) is 0 Å². The molecule has 0 aromatic rings. The monoisotopic (exact) mass is 246 g/mol. The second-order valence-corrected chi connectivity index (χ2v) is 5.45. The molecular weight excluding hydrogens is 224 g/mol. The van der Waals surface area contributed by atoms with Crippen LogP contribution >= 0.6 is 12.6 Å². The van der Waals surface area contributed by atoms with E-state index < -0.39 is 16.7 Å². The Balaban J connectivity index is 4.93. The van der Waals surface area contributed by atoms with Crippen LogP contribution in [-0.4, -0.2) is 40.5 Å². The molecule has 1 atom stereocenters. The van der Waals surface area contributed by atoms with Gasteiger partial charge in [0.05, 0.1) is 10.8 Å². The Kier molecular flexibility index (Phi) is 6.04. The van der Waals surface area contributed by atoms with E-state index >= 15 is 0 Å². The Hall–Kier alpha value is -0.550. The van der Waals surface area contributed by atoms with E-state index in [1.54, 1.807) is 13.8 Å². The number of amides is 1. The minimum absolute atomic E-state index is 0.0571. The predicted molar refractivity (Wildman–Crippen MR) is 68.6 cm³/mol. The average molecular weight is 246 g/mol. The topological polar surface area (TPSA) is 63.4 Å². The third kappa shape index (κ3) is 4.53. The summed E-state index contributed by atoms with van der Waals surface area (Å²) in [5.41, 5.74) is 5.18. The van der Waals surface area contributed by atoms with Gasteiger partial charge in [0.2, 0.25) is 5.91 Å². The Labute approximate surface area is 103 Å². The van der Waals surface area contributed by atoms with Gasteiger partial charge in [0.1, 0.15) is 0 Å². The Morgan fingerprint density at radius 1 is 1.31 bits per heavy atom. The fourth-order valence-corrected chi connectivity index (χ4v) is 1.80. The van der Waals surface area contributed by atoms with Gasteiger partial charge >= 0.3 is 0 Å². The van der Waals surface area contributed by atoms with Crippen molar-refractivity contribution in [1.82, 2.24) is 4.90 Å². The first-order valence-electron chi connectivity index (χ1n) is 5.53. The zero-order chi connectivity index (χ0) is 12.9. The van der Waals surface area contributed by atoms with Gasteiger partial charge in [-0.3, -0.25) is 14.5 Å². The maximum Gasteiger partial charge on any atom is 0.219 e. The lowest BCUT2D eigenvalue weighted by Crippen LogP contribution is -2.49. The molecule has 0 aliphatic rings. The zero-order valence-electron chi connectivity index (χ0n) is 10.5. The first-order chi connectivity index (χ1) is 7.23. The average Bonchev–Trinajstić information content (AvgIpc) is 2.15. The summed E-state index contributed by atoms with van der Waals surface area (Å²) in [6, 6.07) is -0.458. The number of likely N-dealkylation sites (N-methyl/N-ethyl adjacent to an activating group) is 1. The van der Waals surface area contributed by atoms with Gasteiger partial charge in [0, 0.05) is 6.42 Å². The highest BCUT2D eigenvalue weighted by Crippen LogP contribution is 2.20. The number of hydrogen-bond donors (Lipinski definition) is 2. The minimum Gasteiger partial charge on any atom is -0.370 e. The molecular formula is C11H22N2O2S. The second-order valence-electron chi connectivity index (χ2n) is 4.33. The van der Waals surface area contributed by atoms with E-state index in [1.165, 1.54) is 0 Å². The number of hydrogen-bond acceptors (Lipinski definition) is 4. The smallest absolute Gasteiger partial charge is 0.219 e. The molecule has 0 saturated heterocycles. The second kappa shape index (κ2) is 6.25. The Morgan fingerprint density at radius 2 is 1.75 bits per heavy atom. The van der Waals surface area contributed by atoms with Crippen LogP contribution in [0.3, 0.4) is 0 Å². The lowest BCUT2D eigenvalue weighted by molar-refractivity contribution is -0.130. The molecule has 2 N–H and O–H groups in total. The number of nitrogens with zero attached hydrogens (tertiary/aromatic N) is 1. The molecule has 4 nitrogen and oxygen atoms in total.